The molecule has 1 atom stereocenters. The molecule has 6 nitrogen and oxygen atoms in total. The highest BCUT2D eigenvalue weighted by Gasteiger charge is 2.20. The van der Waals surface area contributed by atoms with Gasteiger partial charge < -0.3 is 19.5 Å². The van der Waals surface area contributed by atoms with Crippen LogP contribution in [0.25, 0.3) is 0 Å². The van der Waals surface area contributed by atoms with Gasteiger partial charge in [-0.15, -0.1) is 0 Å². The van der Waals surface area contributed by atoms with Crippen molar-refractivity contribution in [3.05, 3.63) is 53.6 Å². The first kappa shape index (κ1) is 18.3. The highest BCUT2D eigenvalue weighted by molar-refractivity contribution is 5.98. The molecule has 0 radical (unpaired) electrons. The summed E-state index contributed by atoms with van der Waals surface area (Å²) in [5.74, 6) is 0.0309. The molecule has 0 bridgehead atoms. The fourth-order valence-electron chi connectivity index (χ4n) is 2.20. The van der Waals surface area contributed by atoms with E-state index in [9.17, 15) is 9.59 Å². The quantitative estimate of drug-likeness (QED) is 0.816. The number of hydrogen-bond acceptors (Lipinski definition) is 5. The lowest BCUT2D eigenvalue weighted by atomic mass is 10.1. The Morgan fingerprint density at radius 2 is 1.80 bits per heavy atom. The van der Waals surface area contributed by atoms with E-state index in [2.05, 4.69) is 5.32 Å². The number of aryl methyl sites for hydroxylation is 1. The predicted molar refractivity (Wildman–Crippen MR) is 94.2 cm³/mol. The van der Waals surface area contributed by atoms with E-state index in [1.807, 2.05) is 13.0 Å². The van der Waals surface area contributed by atoms with Gasteiger partial charge in [0.25, 0.3) is 5.91 Å². The van der Waals surface area contributed by atoms with Crippen molar-refractivity contribution in [3.8, 4) is 11.5 Å². The van der Waals surface area contributed by atoms with Gasteiger partial charge in [0, 0.05) is 6.07 Å². The second-order valence-electron chi connectivity index (χ2n) is 5.47. The first-order chi connectivity index (χ1) is 11.9. The van der Waals surface area contributed by atoms with Crippen LogP contribution >= 0.6 is 0 Å². The predicted octanol–water partition coefficient (Wildman–Crippen LogP) is 3.20. The van der Waals surface area contributed by atoms with Gasteiger partial charge in [0.2, 0.25) is 0 Å². The van der Waals surface area contributed by atoms with E-state index in [1.54, 1.807) is 36.4 Å². The topological polar surface area (TPSA) is 73.9 Å². The summed E-state index contributed by atoms with van der Waals surface area (Å²) in [5.41, 5.74) is 1.77. The van der Waals surface area contributed by atoms with Crippen LogP contribution in [0.4, 0.5) is 5.69 Å². The maximum absolute atomic E-state index is 12.3. The summed E-state index contributed by atoms with van der Waals surface area (Å²) >= 11 is 0. The zero-order valence-electron chi connectivity index (χ0n) is 14.7. The molecule has 1 N–H and O–H groups in total. The van der Waals surface area contributed by atoms with Crippen molar-refractivity contribution in [1.29, 1.82) is 0 Å². The Hall–Kier alpha value is -3.02. The number of carbonyl (C=O) groups excluding carboxylic acids is 2. The lowest BCUT2D eigenvalue weighted by Crippen LogP contribution is -2.30. The zero-order chi connectivity index (χ0) is 18.4. The van der Waals surface area contributed by atoms with Gasteiger partial charge in [0.15, 0.2) is 6.10 Å². The third-order valence-corrected chi connectivity index (χ3v) is 3.57. The molecule has 0 saturated carbocycles. The monoisotopic (exact) mass is 343 g/mol. The van der Waals surface area contributed by atoms with Gasteiger partial charge in [-0.25, -0.2) is 4.79 Å². The van der Waals surface area contributed by atoms with Gasteiger partial charge in [-0.05, 0) is 38.1 Å². The fraction of sp³-hybridized carbons (Fsp3) is 0.263. The number of amides is 1. The first-order valence-corrected chi connectivity index (χ1v) is 7.75. The van der Waals surface area contributed by atoms with Crippen LogP contribution in [0.1, 0.15) is 22.8 Å². The second kappa shape index (κ2) is 8.19. The molecule has 2 aromatic rings. The third kappa shape index (κ3) is 4.73. The highest BCUT2D eigenvalue weighted by atomic mass is 16.5. The molecular formula is C19H21NO5. The Labute approximate surface area is 146 Å². The number of ether oxygens (including phenoxy) is 3. The third-order valence-electron chi connectivity index (χ3n) is 3.57. The van der Waals surface area contributed by atoms with Crippen LogP contribution in [0.2, 0.25) is 0 Å². The molecule has 1 unspecified atom stereocenters. The Balaban J connectivity index is 2.06. The van der Waals surface area contributed by atoms with Crippen LogP contribution in [0.15, 0.2) is 42.5 Å². The summed E-state index contributed by atoms with van der Waals surface area (Å²) in [6.45, 7) is 3.39. The van der Waals surface area contributed by atoms with Crippen molar-refractivity contribution >= 4 is 17.6 Å². The van der Waals surface area contributed by atoms with Crippen LogP contribution < -0.4 is 14.8 Å². The number of rotatable bonds is 6. The van der Waals surface area contributed by atoms with Crippen LogP contribution in [-0.2, 0) is 9.53 Å². The van der Waals surface area contributed by atoms with Crippen molar-refractivity contribution in [2.75, 3.05) is 19.5 Å². The number of methoxy groups -OCH3 is 2. The number of nitrogens with one attached hydrogen (secondary N) is 1. The largest absolute Gasteiger partial charge is 0.497 e. The molecule has 0 aromatic heterocycles. The summed E-state index contributed by atoms with van der Waals surface area (Å²) in [6.07, 6.45) is -0.969. The van der Waals surface area contributed by atoms with Crippen molar-refractivity contribution in [1.82, 2.24) is 0 Å². The summed E-state index contributed by atoms with van der Waals surface area (Å²) in [7, 11) is 3.03. The van der Waals surface area contributed by atoms with Crippen molar-refractivity contribution in [2.45, 2.75) is 20.0 Å². The summed E-state index contributed by atoms with van der Waals surface area (Å²) in [6, 6.07) is 12.0. The van der Waals surface area contributed by atoms with Gasteiger partial charge in [-0.3, -0.25) is 4.79 Å². The van der Waals surface area contributed by atoms with E-state index in [4.69, 9.17) is 14.2 Å². The number of hydrogen-bond donors (Lipinski definition) is 1. The zero-order valence-corrected chi connectivity index (χ0v) is 14.7. The van der Waals surface area contributed by atoms with Crippen molar-refractivity contribution < 1.29 is 23.8 Å². The lowest BCUT2D eigenvalue weighted by Gasteiger charge is -2.16. The standard InChI is InChI=1S/C19H21NO5/c1-12-6-5-7-14(10-12)19(22)25-13(2)18(21)20-16-11-15(23-3)8-9-17(16)24-4/h5-11,13H,1-4H3,(H,20,21). The molecule has 25 heavy (non-hydrogen) atoms. The van der Waals surface area contributed by atoms with Gasteiger partial charge in [0.1, 0.15) is 11.5 Å². The summed E-state index contributed by atoms with van der Waals surface area (Å²) < 4.78 is 15.6. The van der Waals surface area contributed by atoms with Crippen LogP contribution in [0, 0.1) is 6.92 Å². The summed E-state index contributed by atoms with van der Waals surface area (Å²) in [5, 5.41) is 2.68. The van der Waals surface area contributed by atoms with Crippen molar-refractivity contribution in [3.63, 3.8) is 0 Å². The fourth-order valence-corrected chi connectivity index (χ4v) is 2.20. The molecule has 0 aliphatic carbocycles. The molecule has 0 heterocycles. The minimum atomic E-state index is -0.969. The second-order valence-corrected chi connectivity index (χ2v) is 5.47. The van der Waals surface area contributed by atoms with E-state index < -0.39 is 18.0 Å². The number of anilines is 1. The minimum Gasteiger partial charge on any atom is -0.497 e. The summed E-state index contributed by atoms with van der Waals surface area (Å²) in [4.78, 5) is 24.5. The van der Waals surface area contributed by atoms with Crippen molar-refractivity contribution in [2.24, 2.45) is 0 Å². The molecule has 2 rings (SSSR count). The minimum absolute atomic E-state index is 0.401. The lowest BCUT2D eigenvalue weighted by molar-refractivity contribution is -0.123. The number of carbonyl (C=O) groups is 2. The van der Waals surface area contributed by atoms with Crippen LogP contribution in [0.3, 0.4) is 0 Å². The van der Waals surface area contributed by atoms with Gasteiger partial charge in [-0.2, -0.15) is 0 Å². The van der Waals surface area contributed by atoms with Gasteiger partial charge in [0.05, 0.1) is 25.5 Å². The van der Waals surface area contributed by atoms with E-state index in [0.29, 0.717) is 22.7 Å². The average molecular weight is 343 g/mol. The number of benzene rings is 2. The molecule has 1 amide bonds. The molecule has 0 saturated heterocycles. The van der Waals surface area contributed by atoms with E-state index in [1.165, 1.54) is 21.1 Å². The Morgan fingerprint density at radius 3 is 2.44 bits per heavy atom. The van der Waals surface area contributed by atoms with E-state index in [0.717, 1.165) is 5.56 Å². The number of esters is 1. The molecule has 0 aliphatic rings. The molecule has 0 fully saturated rings. The SMILES string of the molecule is COc1ccc(OC)c(NC(=O)C(C)OC(=O)c2cccc(C)c2)c1. The molecule has 6 heteroatoms. The molecule has 132 valence electrons. The van der Waals surface area contributed by atoms with Crippen LogP contribution in [0.5, 0.6) is 11.5 Å². The molecule has 0 spiro atoms. The van der Waals surface area contributed by atoms with Gasteiger partial charge in [-0.1, -0.05) is 17.7 Å². The highest BCUT2D eigenvalue weighted by Crippen LogP contribution is 2.29. The molecule has 0 aliphatic heterocycles. The Bertz CT molecular complexity index is 772. The first-order valence-electron chi connectivity index (χ1n) is 7.75. The normalized spacial score (nSPS) is 11.4. The van der Waals surface area contributed by atoms with Crippen LogP contribution in [-0.4, -0.2) is 32.2 Å². The molecular weight excluding hydrogens is 322 g/mol. The van der Waals surface area contributed by atoms with E-state index in [-0.39, 0.29) is 0 Å². The average Bonchev–Trinajstić information content (AvgIpc) is 2.61. The maximum Gasteiger partial charge on any atom is 0.338 e. The maximum atomic E-state index is 12.3. The van der Waals surface area contributed by atoms with E-state index >= 15 is 0 Å². The smallest absolute Gasteiger partial charge is 0.338 e. The van der Waals surface area contributed by atoms with Gasteiger partial charge >= 0.3 is 5.97 Å². The Morgan fingerprint density at radius 1 is 1.04 bits per heavy atom. The Kier molecular flexibility index (Phi) is 6.00. The molecule has 2 aromatic carbocycles.